The molecule has 7 nitrogen and oxygen atoms in total. The van der Waals surface area contributed by atoms with Gasteiger partial charge in [0, 0.05) is 24.4 Å². The van der Waals surface area contributed by atoms with Crippen LogP contribution < -0.4 is 0 Å². The van der Waals surface area contributed by atoms with Crippen LogP contribution in [0.5, 0.6) is 0 Å². The topological polar surface area (TPSA) is 77.3 Å². The molecule has 1 saturated heterocycles. The van der Waals surface area contributed by atoms with Gasteiger partial charge in [0.1, 0.15) is 0 Å². The van der Waals surface area contributed by atoms with Crippen molar-refractivity contribution >= 4 is 35.4 Å². The van der Waals surface area contributed by atoms with Gasteiger partial charge in [0.05, 0.1) is 23.5 Å². The van der Waals surface area contributed by atoms with Crippen molar-refractivity contribution in [2.45, 2.75) is 18.6 Å². The molecule has 1 aromatic heterocycles. The molecule has 1 aliphatic rings. The quantitative estimate of drug-likeness (QED) is 0.262. The normalized spacial score (nSPS) is 15.1. The van der Waals surface area contributed by atoms with Crippen LogP contribution in [0.2, 0.25) is 0 Å². The van der Waals surface area contributed by atoms with E-state index in [0.29, 0.717) is 36.2 Å². The number of allylic oxidation sites excluding steroid dienone is 1. The Morgan fingerprint density at radius 3 is 2.86 bits per heavy atom. The number of benzene rings is 1. The lowest BCUT2D eigenvalue weighted by atomic mass is 10.2. The summed E-state index contributed by atoms with van der Waals surface area (Å²) in [6, 6.07) is 9.86. The van der Waals surface area contributed by atoms with Gasteiger partial charge in [0.25, 0.3) is 0 Å². The zero-order chi connectivity index (χ0) is 20.6. The van der Waals surface area contributed by atoms with Crippen LogP contribution in [0.3, 0.4) is 0 Å². The van der Waals surface area contributed by atoms with E-state index in [1.54, 1.807) is 17.9 Å². The lowest BCUT2D eigenvalue weighted by Crippen LogP contribution is -2.27. The summed E-state index contributed by atoms with van der Waals surface area (Å²) in [4.78, 5) is 25.5. The second kappa shape index (κ2) is 10.3. The summed E-state index contributed by atoms with van der Waals surface area (Å²) in [6.45, 7) is 6.95. The second-order valence-corrected chi connectivity index (χ2v) is 8.05. The molecule has 0 bridgehead atoms. The number of carbonyl (C=O) groups excluding carboxylic acids is 2. The van der Waals surface area contributed by atoms with E-state index in [2.05, 4.69) is 16.8 Å². The van der Waals surface area contributed by atoms with Crippen LogP contribution in [0, 0.1) is 0 Å². The van der Waals surface area contributed by atoms with E-state index in [-0.39, 0.29) is 5.91 Å². The standard InChI is InChI=1S/C20H22N4O3S2/c1-3-10-24-19(15-8-6-5-7-9-15)21-22-20(24)28-12-11-23-16(25)14-29-17(23)13-18(26)27-4-2/h3,5-9,13H,1,4,10-12,14H2,2H3/b17-13+. The van der Waals surface area contributed by atoms with E-state index in [1.807, 2.05) is 34.9 Å². The summed E-state index contributed by atoms with van der Waals surface area (Å²) in [7, 11) is 0. The third kappa shape index (κ3) is 5.30. The molecule has 152 valence electrons. The fourth-order valence-corrected chi connectivity index (χ4v) is 4.60. The zero-order valence-corrected chi connectivity index (χ0v) is 17.7. The Labute approximate surface area is 178 Å². The first-order valence-corrected chi connectivity index (χ1v) is 11.1. The molecule has 0 atom stereocenters. The lowest BCUT2D eigenvalue weighted by Gasteiger charge is -2.16. The van der Waals surface area contributed by atoms with E-state index < -0.39 is 5.97 Å². The highest BCUT2D eigenvalue weighted by molar-refractivity contribution is 8.04. The fraction of sp³-hybridized carbons (Fsp3) is 0.300. The van der Waals surface area contributed by atoms with E-state index >= 15 is 0 Å². The molecule has 1 amide bonds. The minimum absolute atomic E-state index is 0.0105. The van der Waals surface area contributed by atoms with Crippen molar-refractivity contribution in [2.24, 2.45) is 0 Å². The van der Waals surface area contributed by atoms with Crippen LogP contribution in [-0.2, 0) is 20.9 Å². The SMILES string of the molecule is C=CCn1c(SCCN2C(=O)CS/C2=C/C(=O)OCC)nnc1-c1ccccc1. The minimum Gasteiger partial charge on any atom is -0.463 e. The molecule has 2 aromatic rings. The van der Waals surface area contributed by atoms with Crippen molar-refractivity contribution in [1.29, 1.82) is 0 Å². The van der Waals surface area contributed by atoms with Crippen molar-refractivity contribution in [3.8, 4) is 11.4 Å². The molecule has 3 rings (SSSR count). The number of amides is 1. The first-order valence-electron chi connectivity index (χ1n) is 9.18. The number of nitrogens with zero attached hydrogens (tertiary/aromatic N) is 4. The molecule has 1 aromatic carbocycles. The summed E-state index contributed by atoms with van der Waals surface area (Å²) in [5.41, 5.74) is 0.986. The molecule has 0 radical (unpaired) electrons. The molecule has 2 heterocycles. The van der Waals surface area contributed by atoms with Gasteiger partial charge in [-0.15, -0.1) is 16.8 Å². The fourth-order valence-electron chi connectivity index (χ4n) is 2.77. The molecule has 9 heteroatoms. The largest absolute Gasteiger partial charge is 0.463 e. The molecule has 29 heavy (non-hydrogen) atoms. The number of ether oxygens (including phenoxy) is 1. The van der Waals surface area contributed by atoms with Gasteiger partial charge in [-0.1, -0.05) is 59.9 Å². The number of hydrogen-bond acceptors (Lipinski definition) is 7. The summed E-state index contributed by atoms with van der Waals surface area (Å²) < 4.78 is 6.95. The van der Waals surface area contributed by atoms with Crippen molar-refractivity contribution in [3.05, 3.63) is 54.1 Å². The molecule has 0 aliphatic carbocycles. The highest BCUT2D eigenvalue weighted by Crippen LogP contribution is 2.30. The number of aromatic nitrogens is 3. The van der Waals surface area contributed by atoms with Crippen LogP contribution in [0.25, 0.3) is 11.4 Å². The summed E-state index contributed by atoms with van der Waals surface area (Å²) in [6.07, 6.45) is 3.19. The van der Waals surface area contributed by atoms with Gasteiger partial charge in [-0.05, 0) is 6.92 Å². The Balaban J connectivity index is 1.68. The first-order chi connectivity index (χ1) is 14.1. The molecule has 0 unspecified atom stereocenters. The predicted molar refractivity (Wildman–Crippen MR) is 115 cm³/mol. The lowest BCUT2D eigenvalue weighted by molar-refractivity contribution is -0.137. The van der Waals surface area contributed by atoms with Gasteiger partial charge in [-0.25, -0.2) is 4.79 Å². The molecule has 0 saturated carbocycles. The van der Waals surface area contributed by atoms with E-state index in [9.17, 15) is 9.59 Å². The van der Waals surface area contributed by atoms with Crippen LogP contribution in [-0.4, -0.2) is 56.2 Å². The highest BCUT2D eigenvalue weighted by Gasteiger charge is 2.27. The summed E-state index contributed by atoms with van der Waals surface area (Å²) in [5, 5.41) is 10.0. The van der Waals surface area contributed by atoms with Crippen LogP contribution in [0.1, 0.15) is 6.92 Å². The number of carbonyl (C=O) groups is 2. The Morgan fingerprint density at radius 2 is 2.14 bits per heavy atom. The third-order valence-electron chi connectivity index (χ3n) is 4.05. The average Bonchev–Trinajstić information content (AvgIpc) is 3.27. The molecule has 0 N–H and O–H groups in total. The predicted octanol–water partition coefficient (Wildman–Crippen LogP) is 3.20. The van der Waals surface area contributed by atoms with E-state index in [4.69, 9.17) is 4.74 Å². The maximum absolute atomic E-state index is 12.2. The van der Waals surface area contributed by atoms with Crippen molar-refractivity contribution < 1.29 is 14.3 Å². The third-order valence-corrected chi connectivity index (χ3v) is 6.02. The maximum Gasteiger partial charge on any atom is 0.333 e. The Kier molecular flexibility index (Phi) is 7.54. The maximum atomic E-state index is 12.2. The van der Waals surface area contributed by atoms with Crippen molar-refractivity contribution in [3.63, 3.8) is 0 Å². The molecule has 0 spiro atoms. The minimum atomic E-state index is -0.430. The van der Waals surface area contributed by atoms with Gasteiger partial charge in [0.2, 0.25) is 5.91 Å². The number of thioether (sulfide) groups is 2. The Morgan fingerprint density at radius 1 is 1.34 bits per heavy atom. The molecule has 1 fully saturated rings. The van der Waals surface area contributed by atoms with Crippen LogP contribution >= 0.6 is 23.5 Å². The van der Waals surface area contributed by atoms with E-state index in [0.717, 1.165) is 16.5 Å². The Bertz CT molecular complexity index is 912. The molecular weight excluding hydrogens is 408 g/mol. The first kappa shape index (κ1) is 21.2. The van der Waals surface area contributed by atoms with E-state index in [1.165, 1.54) is 29.6 Å². The van der Waals surface area contributed by atoms with Gasteiger partial charge in [-0.3, -0.25) is 9.36 Å². The van der Waals surface area contributed by atoms with Gasteiger partial charge < -0.3 is 9.64 Å². The number of esters is 1. The smallest absolute Gasteiger partial charge is 0.333 e. The summed E-state index contributed by atoms with van der Waals surface area (Å²) >= 11 is 2.87. The average molecular weight is 431 g/mol. The number of hydrogen-bond donors (Lipinski definition) is 0. The van der Waals surface area contributed by atoms with Gasteiger partial charge in [0.15, 0.2) is 11.0 Å². The van der Waals surface area contributed by atoms with Gasteiger partial charge in [-0.2, -0.15) is 0 Å². The van der Waals surface area contributed by atoms with Gasteiger partial charge >= 0.3 is 5.97 Å². The van der Waals surface area contributed by atoms with Crippen molar-refractivity contribution in [2.75, 3.05) is 24.7 Å². The second-order valence-electron chi connectivity index (χ2n) is 5.99. The Hall–Kier alpha value is -2.52. The molecular formula is C20H22N4O3S2. The van der Waals surface area contributed by atoms with Crippen molar-refractivity contribution in [1.82, 2.24) is 19.7 Å². The number of rotatable bonds is 9. The zero-order valence-electron chi connectivity index (χ0n) is 16.1. The van der Waals surface area contributed by atoms with Crippen LogP contribution in [0.4, 0.5) is 0 Å². The monoisotopic (exact) mass is 430 g/mol. The van der Waals surface area contributed by atoms with Crippen LogP contribution in [0.15, 0.2) is 59.2 Å². The summed E-state index contributed by atoms with van der Waals surface area (Å²) in [5.74, 6) is 1.30. The highest BCUT2D eigenvalue weighted by atomic mass is 32.2. The molecule has 1 aliphatic heterocycles.